The summed E-state index contributed by atoms with van der Waals surface area (Å²) < 4.78 is 1.94. The minimum absolute atomic E-state index is 0.000356. The van der Waals surface area contributed by atoms with Gasteiger partial charge in [0.25, 0.3) is 0 Å². The maximum Gasteiger partial charge on any atom is 0.233 e. The first kappa shape index (κ1) is 17.6. The van der Waals surface area contributed by atoms with Crippen molar-refractivity contribution in [2.75, 3.05) is 0 Å². The van der Waals surface area contributed by atoms with Crippen LogP contribution in [0.3, 0.4) is 0 Å². The maximum absolute atomic E-state index is 12.4. The molecule has 0 bridgehead atoms. The Morgan fingerprint density at radius 1 is 1.24 bits per heavy atom. The fraction of sp³-hybridized carbons (Fsp3) is 0.158. The van der Waals surface area contributed by atoms with Crippen molar-refractivity contribution >= 4 is 29.3 Å². The average Bonchev–Trinajstić information content (AvgIpc) is 3.16. The zero-order valence-electron chi connectivity index (χ0n) is 13.7. The van der Waals surface area contributed by atoms with Crippen molar-refractivity contribution in [3.8, 4) is 5.69 Å². The van der Waals surface area contributed by atoms with E-state index in [2.05, 4.69) is 10.3 Å². The Balaban J connectivity index is 1.62. The molecular formula is C19H18ClN3OS. The zero-order valence-corrected chi connectivity index (χ0v) is 15.3. The molecular weight excluding hydrogens is 354 g/mol. The van der Waals surface area contributed by atoms with E-state index in [9.17, 15) is 4.79 Å². The fourth-order valence-electron chi connectivity index (χ4n) is 2.41. The molecule has 0 radical (unpaired) electrons. The van der Waals surface area contributed by atoms with Crippen LogP contribution < -0.4 is 5.32 Å². The number of rotatable bonds is 6. The quantitative estimate of drug-likeness (QED) is 0.656. The average molecular weight is 372 g/mol. The summed E-state index contributed by atoms with van der Waals surface area (Å²) in [6.07, 6.45) is 5.37. The van der Waals surface area contributed by atoms with Gasteiger partial charge in [0.1, 0.15) is 0 Å². The topological polar surface area (TPSA) is 46.9 Å². The lowest BCUT2D eigenvalue weighted by Crippen LogP contribution is -2.30. The van der Waals surface area contributed by atoms with Crippen molar-refractivity contribution in [3.63, 3.8) is 0 Å². The largest absolute Gasteiger partial charge is 0.351 e. The summed E-state index contributed by atoms with van der Waals surface area (Å²) in [5.74, 6) is 0.000356. The summed E-state index contributed by atoms with van der Waals surface area (Å²) in [5, 5.41) is 3.51. The molecule has 1 atom stereocenters. The van der Waals surface area contributed by atoms with Gasteiger partial charge in [-0.1, -0.05) is 29.8 Å². The lowest BCUT2D eigenvalue weighted by Gasteiger charge is -2.14. The molecule has 128 valence electrons. The summed E-state index contributed by atoms with van der Waals surface area (Å²) >= 11 is 7.40. The van der Waals surface area contributed by atoms with Crippen molar-refractivity contribution in [2.24, 2.45) is 0 Å². The van der Waals surface area contributed by atoms with Gasteiger partial charge in [0.05, 0.1) is 17.3 Å². The second-order valence-corrected chi connectivity index (χ2v) is 7.38. The highest BCUT2D eigenvalue weighted by atomic mass is 35.5. The number of imidazole rings is 1. The van der Waals surface area contributed by atoms with E-state index < -0.39 is 0 Å². The van der Waals surface area contributed by atoms with Crippen LogP contribution in [0.5, 0.6) is 0 Å². The number of carbonyl (C=O) groups is 1. The Hall–Kier alpha value is -2.24. The summed E-state index contributed by atoms with van der Waals surface area (Å²) in [6, 6.07) is 15.5. The van der Waals surface area contributed by atoms with Crippen molar-refractivity contribution in [1.29, 1.82) is 0 Å². The van der Waals surface area contributed by atoms with Crippen LogP contribution in [0.15, 0.2) is 72.1 Å². The number of thioether (sulfide) groups is 1. The Bertz CT molecular complexity index is 834. The van der Waals surface area contributed by atoms with Crippen LogP contribution in [0, 0.1) is 0 Å². The van der Waals surface area contributed by atoms with E-state index in [1.165, 1.54) is 11.8 Å². The number of nitrogens with zero attached hydrogens (tertiary/aromatic N) is 2. The Labute approximate surface area is 156 Å². The highest BCUT2D eigenvalue weighted by Crippen LogP contribution is 2.25. The monoisotopic (exact) mass is 371 g/mol. The normalized spacial score (nSPS) is 11.9. The Kier molecular flexibility index (Phi) is 5.79. The summed E-state index contributed by atoms with van der Waals surface area (Å²) in [7, 11) is 0. The molecule has 1 N–H and O–H groups in total. The second kappa shape index (κ2) is 8.23. The van der Waals surface area contributed by atoms with Crippen LogP contribution in [-0.2, 0) is 11.3 Å². The number of halogens is 1. The molecule has 6 heteroatoms. The van der Waals surface area contributed by atoms with E-state index in [1.807, 2.05) is 66.2 Å². The van der Waals surface area contributed by atoms with Crippen LogP contribution in [-0.4, -0.2) is 20.7 Å². The molecule has 0 saturated heterocycles. The summed E-state index contributed by atoms with van der Waals surface area (Å²) in [4.78, 5) is 17.5. The molecule has 0 saturated carbocycles. The number of carbonyl (C=O) groups excluding carboxylic acids is 1. The molecule has 1 heterocycles. The van der Waals surface area contributed by atoms with Crippen molar-refractivity contribution in [2.45, 2.75) is 23.6 Å². The van der Waals surface area contributed by atoms with Gasteiger partial charge in [-0.25, -0.2) is 4.98 Å². The minimum Gasteiger partial charge on any atom is -0.351 e. The number of benzene rings is 2. The molecule has 0 aliphatic heterocycles. The van der Waals surface area contributed by atoms with Crippen LogP contribution in [0.25, 0.3) is 5.69 Å². The Morgan fingerprint density at radius 3 is 2.72 bits per heavy atom. The third-order valence-corrected chi connectivity index (χ3v) is 5.09. The lowest BCUT2D eigenvalue weighted by molar-refractivity contribution is -0.120. The molecule has 0 spiro atoms. The first-order chi connectivity index (χ1) is 12.1. The molecule has 2 aromatic carbocycles. The van der Waals surface area contributed by atoms with E-state index in [1.54, 1.807) is 12.5 Å². The number of aromatic nitrogens is 2. The van der Waals surface area contributed by atoms with Crippen LogP contribution in [0.1, 0.15) is 12.5 Å². The maximum atomic E-state index is 12.4. The molecule has 3 aromatic rings. The van der Waals surface area contributed by atoms with Crippen molar-refractivity contribution < 1.29 is 4.79 Å². The number of hydrogen-bond donors (Lipinski definition) is 1. The van der Waals surface area contributed by atoms with Gasteiger partial charge in [-0.2, -0.15) is 0 Å². The third kappa shape index (κ3) is 4.65. The van der Waals surface area contributed by atoms with E-state index in [0.717, 1.165) is 16.1 Å². The highest BCUT2D eigenvalue weighted by molar-refractivity contribution is 8.00. The standard InChI is InChI=1S/C19H18ClN3OS/c1-14(25-17-8-6-16(20)7-9-17)19(24)22-12-15-4-2-3-5-18(15)23-11-10-21-13-23/h2-11,13-14H,12H2,1H3,(H,22,24)/t14-/m1/s1. The zero-order chi connectivity index (χ0) is 17.6. The van der Waals surface area contributed by atoms with E-state index in [-0.39, 0.29) is 11.2 Å². The third-order valence-electron chi connectivity index (χ3n) is 3.72. The molecule has 0 aliphatic carbocycles. The molecule has 25 heavy (non-hydrogen) atoms. The first-order valence-electron chi connectivity index (χ1n) is 7.89. The van der Waals surface area contributed by atoms with Gasteiger partial charge in [-0.3, -0.25) is 4.79 Å². The predicted molar refractivity (Wildman–Crippen MR) is 102 cm³/mol. The SMILES string of the molecule is C[C@@H](Sc1ccc(Cl)cc1)C(=O)NCc1ccccc1-n1ccnc1. The predicted octanol–water partition coefficient (Wildman–Crippen LogP) is 4.32. The van der Waals surface area contributed by atoms with Gasteiger partial charge in [0, 0.05) is 28.9 Å². The van der Waals surface area contributed by atoms with Gasteiger partial charge in [0.15, 0.2) is 0 Å². The van der Waals surface area contributed by atoms with Crippen LogP contribution in [0.4, 0.5) is 0 Å². The highest BCUT2D eigenvalue weighted by Gasteiger charge is 2.15. The number of hydrogen-bond acceptors (Lipinski definition) is 3. The van der Waals surface area contributed by atoms with Gasteiger partial charge < -0.3 is 9.88 Å². The molecule has 0 fully saturated rings. The van der Waals surface area contributed by atoms with E-state index in [4.69, 9.17) is 11.6 Å². The summed E-state index contributed by atoms with van der Waals surface area (Å²) in [6.45, 7) is 2.37. The second-order valence-electron chi connectivity index (χ2n) is 5.53. The molecule has 4 nitrogen and oxygen atoms in total. The van der Waals surface area contributed by atoms with Gasteiger partial charge in [-0.05, 0) is 42.8 Å². The smallest absolute Gasteiger partial charge is 0.233 e. The molecule has 0 unspecified atom stereocenters. The van der Waals surface area contributed by atoms with E-state index in [0.29, 0.717) is 11.6 Å². The number of para-hydroxylation sites is 1. The van der Waals surface area contributed by atoms with Gasteiger partial charge >= 0.3 is 0 Å². The molecule has 1 amide bonds. The van der Waals surface area contributed by atoms with E-state index >= 15 is 0 Å². The Morgan fingerprint density at radius 2 is 2.00 bits per heavy atom. The number of nitrogens with one attached hydrogen (secondary N) is 1. The molecule has 1 aromatic heterocycles. The molecule has 0 aliphatic rings. The van der Waals surface area contributed by atoms with Gasteiger partial charge in [-0.15, -0.1) is 11.8 Å². The van der Waals surface area contributed by atoms with Crippen LogP contribution >= 0.6 is 23.4 Å². The van der Waals surface area contributed by atoms with Gasteiger partial charge in [0.2, 0.25) is 5.91 Å². The number of amides is 1. The lowest BCUT2D eigenvalue weighted by atomic mass is 10.1. The fourth-order valence-corrected chi connectivity index (χ4v) is 3.43. The molecule has 3 rings (SSSR count). The first-order valence-corrected chi connectivity index (χ1v) is 9.15. The minimum atomic E-state index is -0.193. The van der Waals surface area contributed by atoms with Crippen LogP contribution in [0.2, 0.25) is 5.02 Å². The van der Waals surface area contributed by atoms with Crippen molar-refractivity contribution in [1.82, 2.24) is 14.9 Å². The van der Waals surface area contributed by atoms with Crippen molar-refractivity contribution in [3.05, 3.63) is 77.8 Å². The summed E-state index contributed by atoms with van der Waals surface area (Å²) in [5.41, 5.74) is 2.05.